The Kier molecular flexibility index (Phi) is 6.41. The van der Waals surface area contributed by atoms with Gasteiger partial charge in [-0.05, 0) is 37.5 Å². The van der Waals surface area contributed by atoms with Crippen molar-refractivity contribution >= 4 is 10.0 Å². The van der Waals surface area contributed by atoms with E-state index in [9.17, 15) is 8.42 Å². The smallest absolute Gasteiger partial charge is 0.243 e. The van der Waals surface area contributed by atoms with E-state index >= 15 is 0 Å². The molecular formula is C16H23NO3S. The van der Waals surface area contributed by atoms with Crippen LogP contribution in [0.2, 0.25) is 0 Å². The van der Waals surface area contributed by atoms with Crippen molar-refractivity contribution in [2.45, 2.75) is 44.6 Å². The molecule has 0 aliphatic rings. The number of aliphatic hydroxyl groups is 1. The third-order valence-corrected chi connectivity index (χ3v) is 5.67. The maximum atomic E-state index is 12.8. The number of hydrogen-bond acceptors (Lipinski definition) is 3. The Bertz CT molecular complexity index is 637. The first-order chi connectivity index (χ1) is 9.88. The van der Waals surface area contributed by atoms with Crippen LogP contribution < -0.4 is 0 Å². The van der Waals surface area contributed by atoms with Gasteiger partial charge in [0, 0.05) is 18.7 Å². The van der Waals surface area contributed by atoms with Crippen molar-refractivity contribution in [3.8, 4) is 11.8 Å². The van der Waals surface area contributed by atoms with E-state index in [0.29, 0.717) is 11.1 Å². The molecule has 0 heterocycles. The van der Waals surface area contributed by atoms with E-state index in [1.54, 1.807) is 32.2 Å². The Labute approximate surface area is 127 Å². The third-order valence-electron chi connectivity index (χ3n) is 3.61. The van der Waals surface area contributed by atoms with Crippen molar-refractivity contribution in [3.05, 3.63) is 29.3 Å². The van der Waals surface area contributed by atoms with Gasteiger partial charge in [-0.15, -0.1) is 0 Å². The minimum atomic E-state index is -3.54. The summed E-state index contributed by atoms with van der Waals surface area (Å²) < 4.78 is 27.0. The van der Waals surface area contributed by atoms with Crippen LogP contribution >= 0.6 is 0 Å². The first-order valence-electron chi connectivity index (χ1n) is 7.06. The van der Waals surface area contributed by atoms with Gasteiger partial charge in [0.05, 0.1) is 4.90 Å². The fraction of sp³-hybridized carbons (Fsp3) is 0.500. The molecule has 0 aliphatic carbocycles. The zero-order chi connectivity index (χ0) is 16.0. The number of aliphatic hydroxyl groups excluding tert-OH is 1. The second-order valence-electron chi connectivity index (χ2n) is 4.93. The molecule has 1 rings (SSSR count). The van der Waals surface area contributed by atoms with Crippen molar-refractivity contribution in [3.63, 3.8) is 0 Å². The Morgan fingerprint density at radius 3 is 2.43 bits per heavy atom. The molecule has 0 saturated heterocycles. The topological polar surface area (TPSA) is 57.6 Å². The summed E-state index contributed by atoms with van der Waals surface area (Å²) in [6.07, 6.45) is 1.55. The fourth-order valence-electron chi connectivity index (χ4n) is 2.25. The van der Waals surface area contributed by atoms with Crippen LogP contribution in [0.15, 0.2) is 23.1 Å². The zero-order valence-corrected chi connectivity index (χ0v) is 13.9. The Morgan fingerprint density at radius 2 is 1.90 bits per heavy atom. The first kappa shape index (κ1) is 17.7. The lowest BCUT2D eigenvalue weighted by atomic mass is 10.1. The van der Waals surface area contributed by atoms with E-state index in [4.69, 9.17) is 5.11 Å². The van der Waals surface area contributed by atoms with Crippen molar-refractivity contribution in [2.75, 3.05) is 13.7 Å². The van der Waals surface area contributed by atoms with Gasteiger partial charge < -0.3 is 5.11 Å². The van der Waals surface area contributed by atoms with E-state index in [1.807, 2.05) is 13.8 Å². The maximum Gasteiger partial charge on any atom is 0.243 e. The number of aryl methyl sites for hydroxylation is 1. The van der Waals surface area contributed by atoms with Crippen LogP contribution in [-0.2, 0) is 10.0 Å². The van der Waals surface area contributed by atoms with Gasteiger partial charge in [-0.2, -0.15) is 4.31 Å². The summed E-state index contributed by atoms with van der Waals surface area (Å²) in [7, 11) is -1.91. The lowest BCUT2D eigenvalue weighted by Gasteiger charge is -2.26. The third kappa shape index (κ3) is 4.07. The summed E-state index contributed by atoms with van der Waals surface area (Å²) in [5.74, 6) is 5.28. The maximum absolute atomic E-state index is 12.8. The number of nitrogens with zero attached hydrogens (tertiary/aromatic N) is 1. The highest BCUT2D eigenvalue weighted by Gasteiger charge is 2.27. The van der Waals surface area contributed by atoms with Gasteiger partial charge in [0.2, 0.25) is 10.0 Å². The summed E-state index contributed by atoms with van der Waals surface area (Å²) in [6, 6.07) is 5.07. The van der Waals surface area contributed by atoms with Crippen LogP contribution in [0.4, 0.5) is 0 Å². The van der Waals surface area contributed by atoms with Gasteiger partial charge >= 0.3 is 0 Å². The van der Waals surface area contributed by atoms with Crippen molar-refractivity contribution in [2.24, 2.45) is 0 Å². The summed E-state index contributed by atoms with van der Waals surface area (Å²) in [5, 5.41) is 8.74. The highest BCUT2D eigenvalue weighted by atomic mass is 32.2. The fourth-order valence-corrected chi connectivity index (χ4v) is 4.00. The molecule has 0 atom stereocenters. The predicted molar refractivity (Wildman–Crippen MR) is 84.5 cm³/mol. The Hall–Kier alpha value is -1.35. The van der Waals surface area contributed by atoms with Crippen LogP contribution in [0.5, 0.6) is 0 Å². The lowest BCUT2D eigenvalue weighted by molar-refractivity contribution is 0.349. The number of hydrogen-bond donors (Lipinski definition) is 1. The summed E-state index contributed by atoms with van der Waals surface area (Å²) in [6.45, 7) is 5.49. The largest absolute Gasteiger partial charge is 0.384 e. The molecule has 0 spiro atoms. The molecule has 0 amide bonds. The SMILES string of the molecule is CCC(CC)N(C)S(=O)(=O)c1cc(C#CCO)ccc1C. The minimum Gasteiger partial charge on any atom is -0.384 e. The average Bonchev–Trinajstić information content (AvgIpc) is 2.47. The molecule has 0 aliphatic heterocycles. The second kappa shape index (κ2) is 7.60. The van der Waals surface area contributed by atoms with Crippen LogP contribution in [0.1, 0.15) is 37.8 Å². The highest BCUT2D eigenvalue weighted by molar-refractivity contribution is 7.89. The molecule has 5 heteroatoms. The van der Waals surface area contributed by atoms with Crippen LogP contribution in [0.3, 0.4) is 0 Å². The predicted octanol–water partition coefficient (Wildman–Crippen LogP) is 2.15. The van der Waals surface area contributed by atoms with E-state index in [1.165, 1.54) is 4.31 Å². The molecule has 21 heavy (non-hydrogen) atoms. The van der Waals surface area contributed by atoms with E-state index in [0.717, 1.165) is 12.8 Å². The van der Waals surface area contributed by atoms with Gasteiger partial charge in [-0.25, -0.2) is 8.42 Å². The standard InChI is InChI=1S/C16H23NO3S/c1-5-15(6-2)17(4)21(19,20)16-12-14(8-7-11-18)10-9-13(16)3/h9-10,12,15,18H,5-6,11H2,1-4H3. The molecular weight excluding hydrogens is 286 g/mol. The first-order valence-corrected chi connectivity index (χ1v) is 8.50. The van der Waals surface area contributed by atoms with Gasteiger partial charge in [0.25, 0.3) is 0 Å². The highest BCUT2D eigenvalue weighted by Crippen LogP contribution is 2.23. The van der Waals surface area contributed by atoms with Crippen molar-refractivity contribution in [1.29, 1.82) is 0 Å². The molecule has 0 saturated carbocycles. The molecule has 1 aromatic carbocycles. The number of sulfonamides is 1. The normalized spacial score (nSPS) is 11.6. The van der Waals surface area contributed by atoms with Gasteiger partial charge in [0.1, 0.15) is 6.61 Å². The molecule has 0 unspecified atom stereocenters. The van der Waals surface area contributed by atoms with Gasteiger partial charge in [-0.1, -0.05) is 31.8 Å². The molecule has 1 N–H and O–H groups in total. The van der Waals surface area contributed by atoms with E-state index in [-0.39, 0.29) is 17.5 Å². The van der Waals surface area contributed by atoms with Crippen molar-refractivity contribution < 1.29 is 13.5 Å². The molecule has 0 aromatic heterocycles. The van der Waals surface area contributed by atoms with Crippen LogP contribution in [0.25, 0.3) is 0 Å². The molecule has 4 nitrogen and oxygen atoms in total. The molecule has 0 fully saturated rings. The minimum absolute atomic E-state index is 0.0124. The van der Waals surface area contributed by atoms with Crippen LogP contribution in [0, 0.1) is 18.8 Å². The lowest BCUT2D eigenvalue weighted by Crippen LogP contribution is -2.36. The Balaban J connectivity index is 3.30. The van der Waals surface area contributed by atoms with Crippen molar-refractivity contribution in [1.82, 2.24) is 4.31 Å². The monoisotopic (exact) mass is 309 g/mol. The van der Waals surface area contributed by atoms with Gasteiger partial charge in [0.15, 0.2) is 0 Å². The number of benzene rings is 1. The van der Waals surface area contributed by atoms with Gasteiger partial charge in [-0.3, -0.25) is 0 Å². The molecule has 0 radical (unpaired) electrons. The molecule has 0 bridgehead atoms. The Morgan fingerprint density at radius 1 is 1.29 bits per heavy atom. The van der Waals surface area contributed by atoms with Crippen LogP contribution in [-0.4, -0.2) is 37.5 Å². The quantitative estimate of drug-likeness (QED) is 0.848. The number of rotatable bonds is 5. The zero-order valence-electron chi connectivity index (χ0n) is 13.0. The summed E-state index contributed by atoms with van der Waals surface area (Å²) in [5.41, 5.74) is 1.29. The molecule has 116 valence electrons. The summed E-state index contributed by atoms with van der Waals surface area (Å²) >= 11 is 0. The second-order valence-corrected chi connectivity index (χ2v) is 6.90. The average molecular weight is 309 g/mol. The van der Waals surface area contributed by atoms with E-state index < -0.39 is 10.0 Å². The molecule has 1 aromatic rings. The van der Waals surface area contributed by atoms with E-state index in [2.05, 4.69) is 11.8 Å². The summed E-state index contributed by atoms with van der Waals surface area (Å²) in [4.78, 5) is 0.279.